The Hall–Kier alpha value is -3.18. The number of hydrogen-bond donors (Lipinski definition) is 0. The highest BCUT2D eigenvalue weighted by molar-refractivity contribution is 7.07. The summed E-state index contributed by atoms with van der Waals surface area (Å²) in [6, 6.07) is 24.3. The van der Waals surface area contributed by atoms with E-state index in [0.29, 0.717) is 6.54 Å². The first-order chi connectivity index (χ1) is 13.3. The molecule has 4 nitrogen and oxygen atoms in total. The van der Waals surface area contributed by atoms with E-state index in [0.717, 1.165) is 33.1 Å². The van der Waals surface area contributed by atoms with Crippen LogP contribution >= 0.6 is 11.3 Å². The topological polar surface area (TPSA) is 42.8 Å². The van der Waals surface area contributed by atoms with E-state index in [-0.39, 0.29) is 0 Å². The van der Waals surface area contributed by atoms with Crippen molar-refractivity contribution in [3.8, 4) is 11.3 Å². The predicted octanol–water partition coefficient (Wildman–Crippen LogP) is 5.18. The first kappa shape index (κ1) is 17.2. The Morgan fingerprint density at radius 1 is 0.963 bits per heavy atom. The lowest BCUT2D eigenvalue weighted by Crippen LogP contribution is -2.16. The van der Waals surface area contributed by atoms with Crippen molar-refractivity contribution in [1.29, 1.82) is 0 Å². The SMILES string of the molecule is C/C(=N/N=c1/scc(-c2ccccc2)n1Cc1ccco1)c1ccccc1. The quantitative estimate of drug-likeness (QED) is 0.351. The van der Waals surface area contributed by atoms with E-state index < -0.39 is 0 Å². The molecule has 0 fully saturated rings. The molecule has 0 aliphatic heterocycles. The fourth-order valence-corrected chi connectivity index (χ4v) is 3.67. The van der Waals surface area contributed by atoms with Crippen LogP contribution in [-0.2, 0) is 6.54 Å². The Morgan fingerprint density at radius 3 is 2.41 bits per heavy atom. The van der Waals surface area contributed by atoms with Crippen molar-refractivity contribution in [1.82, 2.24) is 4.57 Å². The van der Waals surface area contributed by atoms with Crippen LogP contribution in [0.3, 0.4) is 0 Å². The molecule has 0 unspecified atom stereocenters. The minimum absolute atomic E-state index is 0.611. The first-order valence-electron chi connectivity index (χ1n) is 8.71. The highest BCUT2D eigenvalue weighted by atomic mass is 32.1. The molecule has 27 heavy (non-hydrogen) atoms. The zero-order valence-electron chi connectivity index (χ0n) is 14.9. The molecular weight excluding hydrogens is 354 g/mol. The molecule has 0 spiro atoms. The Balaban J connectivity index is 1.77. The van der Waals surface area contributed by atoms with Crippen LogP contribution in [0.15, 0.2) is 99.1 Å². The van der Waals surface area contributed by atoms with Gasteiger partial charge in [0.15, 0.2) is 0 Å². The Kier molecular flexibility index (Phi) is 5.12. The van der Waals surface area contributed by atoms with Gasteiger partial charge in [-0.2, -0.15) is 5.10 Å². The number of hydrogen-bond acceptors (Lipinski definition) is 4. The van der Waals surface area contributed by atoms with E-state index in [9.17, 15) is 0 Å². The molecule has 4 aromatic rings. The summed E-state index contributed by atoms with van der Waals surface area (Å²) >= 11 is 1.58. The summed E-state index contributed by atoms with van der Waals surface area (Å²) in [6.07, 6.45) is 1.69. The van der Waals surface area contributed by atoms with Crippen LogP contribution in [0.5, 0.6) is 0 Å². The van der Waals surface area contributed by atoms with Gasteiger partial charge >= 0.3 is 0 Å². The number of aromatic nitrogens is 1. The first-order valence-corrected chi connectivity index (χ1v) is 9.59. The smallest absolute Gasteiger partial charge is 0.211 e. The lowest BCUT2D eigenvalue weighted by atomic mass is 10.1. The monoisotopic (exact) mass is 373 g/mol. The summed E-state index contributed by atoms with van der Waals surface area (Å²) in [5.41, 5.74) is 4.20. The standard InChI is InChI=1S/C22H19N3OS/c1-17(18-9-4-2-5-10-18)23-24-22-25(15-20-13-8-14-26-20)21(16-27-22)19-11-6-3-7-12-19/h2-14,16H,15H2,1H3/b23-17-,24-22+. The van der Waals surface area contributed by atoms with Gasteiger partial charge in [-0.15, -0.1) is 16.4 Å². The molecule has 2 heterocycles. The van der Waals surface area contributed by atoms with E-state index in [4.69, 9.17) is 4.42 Å². The summed E-state index contributed by atoms with van der Waals surface area (Å²) in [5, 5.41) is 11.1. The molecule has 0 saturated heterocycles. The van der Waals surface area contributed by atoms with Gasteiger partial charge in [-0.3, -0.25) is 0 Å². The van der Waals surface area contributed by atoms with Crippen LogP contribution < -0.4 is 4.80 Å². The van der Waals surface area contributed by atoms with Gasteiger partial charge in [0.05, 0.1) is 24.2 Å². The second-order valence-corrected chi connectivity index (χ2v) is 6.92. The zero-order valence-corrected chi connectivity index (χ0v) is 15.8. The molecule has 0 saturated carbocycles. The molecule has 2 aromatic heterocycles. The second kappa shape index (κ2) is 8.01. The molecule has 134 valence electrons. The zero-order chi connectivity index (χ0) is 18.5. The van der Waals surface area contributed by atoms with Crippen LogP contribution in [0, 0.1) is 0 Å². The van der Waals surface area contributed by atoms with Crippen LogP contribution in [-0.4, -0.2) is 10.3 Å². The number of nitrogens with zero attached hydrogens (tertiary/aromatic N) is 3. The molecule has 0 atom stereocenters. The van der Waals surface area contributed by atoms with E-state index in [1.165, 1.54) is 0 Å². The lowest BCUT2D eigenvalue weighted by Gasteiger charge is -2.07. The van der Waals surface area contributed by atoms with Crippen molar-refractivity contribution in [2.24, 2.45) is 10.2 Å². The third-order valence-electron chi connectivity index (χ3n) is 4.24. The van der Waals surface area contributed by atoms with Gasteiger partial charge < -0.3 is 8.98 Å². The molecule has 4 rings (SSSR count). The molecule has 5 heteroatoms. The molecule has 0 aliphatic carbocycles. The van der Waals surface area contributed by atoms with Gasteiger partial charge in [0.2, 0.25) is 4.80 Å². The van der Waals surface area contributed by atoms with E-state index in [2.05, 4.69) is 32.3 Å². The van der Waals surface area contributed by atoms with Gasteiger partial charge in [-0.05, 0) is 30.2 Å². The minimum Gasteiger partial charge on any atom is -0.467 e. The van der Waals surface area contributed by atoms with Crippen molar-refractivity contribution in [2.75, 3.05) is 0 Å². The molecule has 0 aliphatic rings. The second-order valence-electron chi connectivity index (χ2n) is 6.09. The van der Waals surface area contributed by atoms with Crippen molar-refractivity contribution in [3.63, 3.8) is 0 Å². The Morgan fingerprint density at radius 2 is 1.70 bits per heavy atom. The minimum atomic E-state index is 0.611. The average Bonchev–Trinajstić information content (AvgIpc) is 3.38. The van der Waals surface area contributed by atoms with Crippen molar-refractivity contribution in [3.05, 3.63) is 101 Å². The fraction of sp³-hybridized carbons (Fsp3) is 0.0909. The molecule has 0 radical (unpaired) electrons. The molecular formula is C22H19N3OS. The van der Waals surface area contributed by atoms with Gasteiger partial charge in [-0.25, -0.2) is 0 Å². The van der Waals surface area contributed by atoms with Gasteiger partial charge in [0.1, 0.15) is 5.76 Å². The van der Waals surface area contributed by atoms with Gasteiger partial charge in [0.25, 0.3) is 0 Å². The third-order valence-corrected chi connectivity index (χ3v) is 5.09. The molecule has 2 aromatic carbocycles. The Labute approximate surface area is 161 Å². The third kappa shape index (κ3) is 3.99. The highest BCUT2D eigenvalue weighted by Gasteiger charge is 2.10. The van der Waals surface area contributed by atoms with Crippen molar-refractivity contribution >= 4 is 17.0 Å². The summed E-state index contributed by atoms with van der Waals surface area (Å²) in [5.74, 6) is 0.885. The number of rotatable bonds is 5. The molecule has 0 amide bonds. The van der Waals surface area contributed by atoms with E-state index in [1.54, 1.807) is 17.6 Å². The van der Waals surface area contributed by atoms with Crippen LogP contribution in [0.2, 0.25) is 0 Å². The van der Waals surface area contributed by atoms with Crippen molar-refractivity contribution in [2.45, 2.75) is 13.5 Å². The summed E-state index contributed by atoms with van der Waals surface area (Å²) < 4.78 is 7.69. The van der Waals surface area contributed by atoms with E-state index in [1.807, 2.05) is 67.6 Å². The number of benzene rings is 2. The van der Waals surface area contributed by atoms with Crippen molar-refractivity contribution < 1.29 is 4.42 Å². The maximum absolute atomic E-state index is 5.55. The van der Waals surface area contributed by atoms with Crippen LogP contribution in [0.4, 0.5) is 0 Å². The summed E-state index contributed by atoms with van der Waals surface area (Å²) in [4.78, 5) is 0.834. The summed E-state index contributed by atoms with van der Waals surface area (Å²) in [6.45, 7) is 2.58. The average molecular weight is 373 g/mol. The van der Waals surface area contributed by atoms with E-state index >= 15 is 0 Å². The summed E-state index contributed by atoms with van der Waals surface area (Å²) in [7, 11) is 0. The number of thiazole rings is 1. The van der Waals surface area contributed by atoms with Gasteiger partial charge in [0, 0.05) is 5.38 Å². The van der Waals surface area contributed by atoms with Gasteiger partial charge in [-0.1, -0.05) is 60.7 Å². The lowest BCUT2D eigenvalue weighted by molar-refractivity contribution is 0.491. The normalized spacial score (nSPS) is 12.5. The maximum atomic E-state index is 5.55. The van der Waals surface area contributed by atoms with Crippen LogP contribution in [0.25, 0.3) is 11.3 Å². The molecule has 0 N–H and O–H groups in total. The fourth-order valence-electron chi connectivity index (χ4n) is 2.82. The maximum Gasteiger partial charge on any atom is 0.211 e. The highest BCUT2D eigenvalue weighted by Crippen LogP contribution is 2.21. The van der Waals surface area contributed by atoms with Crippen LogP contribution in [0.1, 0.15) is 18.2 Å². The Bertz CT molecular complexity index is 1090. The number of furan rings is 1. The largest absolute Gasteiger partial charge is 0.467 e. The molecule has 0 bridgehead atoms. The predicted molar refractivity (Wildman–Crippen MR) is 110 cm³/mol.